The number of nitrogens with zero attached hydrogens (tertiary/aromatic N) is 2. The standard InChI is InChI=1S/C16H14N4O2S/c1-21-11-4-2-10(3-5-11)12-14(8-17)13(19)20-16(15(12,14)9-18)22-6-7-23-16/h2-5,12H,6-7H2,1H3,(H2,19,20)/p+1/t12-,14-,15-,16-/m1/s1. The van der Waals surface area contributed by atoms with Gasteiger partial charge in [0.25, 0.3) is 10.9 Å². The molecule has 0 unspecified atom stereocenters. The monoisotopic (exact) mass is 327 g/mol. The predicted molar refractivity (Wildman–Crippen MR) is 83.1 cm³/mol. The van der Waals surface area contributed by atoms with Crippen molar-refractivity contribution in [1.29, 1.82) is 10.5 Å². The minimum Gasteiger partial charge on any atom is -0.497 e. The molecule has 1 aromatic rings. The Labute approximate surface area is 137 Å². The van der Waals surface area contributed by atoms with Crippen LogP contribution >= 0.6 is 11.8 Å². The van der Waals surface area contributed by atoms with Crippen LogP contribution in [0.15, 0.2) is 24.3 Å². The summed E-state index contributed by atoms with van der Waals surface area (Å²) in [6.45, 7) is 0.533. The van der Waals surface area contributed by atoms with Crippen LogP contribution in [0, 0.1) is 33.5 Å². The maximum Gasteiger partial charge on any atom is 0.277 e. The summed E-state index contributed by atoms with van der Waals surface area (Å²) >= 11 is 1.52. The summed E-state index contributed by atoms with van der Waals surface area (Å²) < 4.78 is 11.1. The zero-order chi connectivity index (χ0) is 16.3. The molecule has 4 rings (SSSR count). The van der Waals surface area contributed by atoms with E-state index >= 15 is 0 Å². The minimum atomic E-state index is -1.06. The van der Waals surface area contributed by atoms with Gasteiger partial charge in [-0.1, -0.05) is 23.9 Å². The lowest BCUT2D eigenvalue weighted by Gasteiger charge is -2.23. The van der Waals surface area contributed by atoms with Crippen molar-refractivity contribution in [3.05, 3.63) is 29.8 Å². The summed E-state index contributed by atoms with van der Waals surface area (Å²) in [5.74, 6) is 1.51. The molecule has 1 saturated carbocycles. The van der Waals surface area contributed by atoms with Crippen molar-refractivity contribution in [1.82, 2.24) is 0 Å². The van der Waals surface area contributed by atoms with Crippen LogP contribution in [-0.2, 0) is 4.74 Å². The fourth-order valence-corrected chi connectivity index (χ4v) is 5.47. The molecule has 0 bridgehead atoms. The molecule has 0 amide bonds. The second kappa shape index (κ2) is 4.41. The van der Waals surface area contributed by atoms with Gasteiger partial charge in [0.15, 0.2) is 10.8 Å². The van der Waals surface area contributed by atoms with E-state index in [1.165, 1.54) is 11.8 Å². The van der Waals surface area contributed by atoms with E-state index in [1.807, 2.05) is 24.3 Å². The molecular weight excluding hydrogens is 312 g/mol. The Hall–Kier alpha value is -2.22. The quantitative estimate of drug-likeness (QED) is 0.771. The van der Waals surface area contributed by atoms with Gasteiger partial charge in [-0.3, -0.25) is 5.73 Å². The van der Waals surface area contributed by atoms with Crippen molar-refractivity contribution >= 4 is 17.6 Å². The van der Waals surface area contributed by atoms with Crippen LogP contribution in [0.2, 0.25) is 0 Å². The lowest BCUT2D eigenvalue weighted by Crippen LogP contribution is -2.88. The summed E-state index contributed by atoms with van der Waals surface area (Å²) in [6, 6.07) is 12.1. The van der Waals surface area contributed by atoms with Gasteiger partial charge >= 0.3 is 0 Å². The molecule has 116 valence electrons. The highest BCUT2D eigenvalue weighted by molar-refractivity contribution is 8.00. The largest absolute Gasteiger partial charge is 0.497 e. The Morgan fingerprint density at radius 2 is 2.09 bits per heavy atom. The van der Waals surface area contributed by atoms with Crippen molar-refractivity contribution in [2.24, 2.45) is 16.6 Å². The summed E-state index contributed by atoms with van der Waals surface area (Å²) in [6.07, 6.45) is 0. The molecule has 2 heterocycles. The van der Waals surface area contributed by atoms with Crippen molar-refractivity contribution < 1.29 is 14.5 Å². The van der Waals surface area contributed by atoms with Gasteiger partial charge in [0, 0.05) is 11.7 Å². The second-order valence-corrected chi connectivity index (χ2v) is 7.17. The van der Waals surface area contributed by atoms with Crippen LogP contribution in [0.5, 0.6) is 5.75 Å². The maximum atomic E-state index is 10.0. The van der Waals surface area contributed by atoms with Crippen LogP contribution in [0.1, 0.15) is 11.5 Å². The molecule has 2 fully saturated rings. The summed E-state index contributed by atoms with van der Waals surface area (Å²) in [5.41, 5.74) is 4.99. The minimum absolute atomic E-state index is 0.317. The zero-order valence-corrected chi connectivity index (χ0v) is 13.3. The van der Waals surface area contributed by atoms with Crippen molar-refractivity contribution in [3.63, 3.8) is 0 Å². The zero-order valence-electron chi connectivity index (χ0n) is 12.5. The van der Waals surface area contributed by atoms with Crippen molar-refractivity contribution in [2.75, 3.05) is 19.5 Å². The Morgan fingerprint density at radius 3 is 2.61 bits per heavy atom. The topological polar surface area (TPSA) is 106 Å². The molecule has 1 saturated heterocycles. The van der Waals surface area contributed by atoms with E-state index < -0.39 is 15.9 Å². The van der Waals surface area contributed by atoms with Crippen LogP contribution in [0.4, 0.5) is 0 Å². The number of hydrogen-bond donors (Lipinski definition) is 2. The molecule has 3 aliphatic rings. The summed E-state index contributed by atoms with van der Waals surface area (Å²) in [4.78, 5) is 3.10. The highest BCUT2D eigenvalue weighted by Crippen LogP contribution is 2.80. The molecular formula is C16H15N4O2S+. The molecule has 0 aromatic heterocycles. The van der Waals surface area contributed by atoms with Gasteiger partial charge in [-0.25, -0.2) is 4.99 Å². The number of methoxy groups -OCH3 is 1. The fraction of sp³-hybridized carbons (Fsp3) is 0.438. The first-order chi connectivity index (χ1) is 11.1. The molecule has 1 spiro atoms. The van der Waals surface area contributed by atoms with E-state index in [0.717, 1.165) is 17.1 Å². The van der Waals surface area contributed by atoms with E-state index in [0.29, 0.717) is 12.4 Å². The lowest BCUT2D eigenvalue weighted by molar-refractivity contribution is -0.583. The average Bonchev–Trinajstić information content (AvgIpc) is 2.83. The van der Waals surface area contributed by atoms with Gasteiger partial charge in [0.2, 0.25) is 0 Å². The molecule has 0 radical (unpaired) electrons. The first-order valence-corrected chi connectivity index (χ1v) is 8.26. The highest BCUT2D eigenvalue weighted by atomic mass is 32.2. The summed E-state index contributed by atoms with van der Waals surface area (Å²) in [7, 11) is 1.60. The van der Waals surface area contributed by atoms with Crippen molar-refractivity contribution in [3.8, 4) is 17.9 Å². The number of thioether (sulfide) groups is 1. The lowest BCUT2D eigenvalue weighted by atomic mass is 9.95. The van der Waals surface area contributed by atoms with Crippen LogP contribution < -0.4 is 15.5 Å². The maximum absolute atomic E-state index is 10.0. The smallest absolute Gasteiger partial charge is 0.277 e. The number of fused-ring (bicyclic) bond motifs is 2. The number of amidine groups is 1. The number of nitrogens with two attached hydrogens (primary N) is 1. The van der Waals surface area contributed by atoms with E-state index in [9.17, 15) is 10.5 Å². The molecule has 4 atom stereocenters. The normalized spacial score (nSPS) is 40.1. The number of rotatable bonds is 2. The first-order valence-electron chi connectivity index (χ1n) is 7.27. The third-order valence-corrected chi connectivity index (χ3v) is 6.46. The Morgan fingerprint density at radius 1 is 1.35 bits per heavy atom. The van der Waals surface area contributed by atoms with Crippen molar-refractivity contribution in [2.45, 2.75) is 11.0 Å². The highest BCUT2D eigenvalue weighted by Gasteiger charge is 2.96. The molecule has 3 N–H and O–H groups in total. The molecule has 2 aliphatic heterocycles. The second-order valence-electron chi connectivity index (χ2n) is 5.90. The van der Waals surface area contributed by atoms with Gasteiger partial charge in [0.1, 0.15) is 5.75 Å². The number of nitriles is 2. The number of hydrogen-bond acceptors (Lipinski definition) is 6. The van der Waals surface area contributed by atoms with Gasteiger partial charge in [-0.05, 0) is 17.7 Å². The number of benzene rings is 1. The number of ether oxygens (including phenoxy) is 2. The predicted octanol–water partition coefficient (Wildman–Crippen LogP) is -0.319. The van der Waals surface area contributed by atoms with Gasteiger partial charge < -0.3 is 9.47 Å². The van der Waals surface area contributed by atoms with Crippen LogP contribution in [-0.4, -0.2) is 30.4 Å². The third-order valence-electron chi connectivity index (χ3n) is 5.14. The fourth-order valence-electron chi connectivity index (χ4n) is 4.11. The average molecular weight is 327 g/mol. The van der Waals surface area contributed by atoms with E-state index in [4.69, 9.17) is 15.2 Å². The van der Waals surface area contributed by atoms with Gasteiger partial charge in [-0.2, -0.15) is 10.5 Å². The molecule has 23 heavy (non-hydrogen) atoms. The Kier molecular flexibility index (Phi) is 2.76. The van der Waals surface area contributed by atoms with E-state index in [-0.39, 0.29) is 5.92 Å². The molecule has 6 nitrogen and oxygen atoms in total. The molecule has 7 heteroatoms. The van der Waals surface area contributed by atoms with Gasteiger partial charge in [0.05, 0.1) is 25.9 Å². The Bertz CT molecular complexity index is 788. The van der Waals surface area contributed by atoms with Gasteiger partial charge in [-0.15, -0.1) is 0 Å². The number of nitrogens with one attached hydrogen (secondary N) is 1. The summed E-state index contributed by atoms with van der Waals surface area (Å²) in [5, 5.41) is 19.0. The Balaban J connectivity index is 1.87. The third kappa shape index (κ3) is 1.36. The SMILES string of the molecule is COc1ccc([C@H]2[C@@]3(C#N)[C@@]4([NH+]=C(N)[C@@]23C#N)OCCS4)cc1. The van der Waals surface area contributed by atoms with E-state index in [2.05, 4.69) is 17.1 Å². The first kappa shape index (κ1) is 14.4. The molecule has 1 aromatic carbocycles. The molecule has 1 aliphatic carbocycles. The van der Waals surface area contributed by atoms with E-state index in [1.54, 1.807) is 7.11 Å². The van der Waals surface area contributed by atoms with Crippen LogP contribution in [0.3, 0.4) is 0 Å². The van der Waals surface area contributed by atoms with Crippen LogP contribution in [0.25, 0.3) is 0 Å².